The second kappa shape index (κ2) is 8.58. The van der Waals surface area contributed by atoms with E-state index in [0.29, 0.717) is 33.1 Å². The van der Waals surface area contributed by atoms with E-state index in [9.17, 15) is 14.7 Å². The molecule has 3 N–H and O–H groups in total. The van der Waals surface area contributed by atoms with Crippen molar-refractivity contribution in [3.05, 3.63) is 44.9 Å². The molecule has 0 fully saturated rings. The maximum absolute atomic E-state index is 11.7. The third-order valence-corrected chi connectivity index (χ3v) is 5.15. The van der Waals surface area contributed by atoms with Gasteiger partial charge in [0.2, 0.25) is 6.41 Å². The Kier molecular flexibility index (Phi) is 6.69. The number of hydrogen-bond donors (Lipinski definition) is 3. The summed E-state index contributed by atoms with van der Waals surface area (Å²) in [7, 11) is 0. The fraction of sp³-hybridized carbons (Fsp3) is 0.222. The van der Waals surface area contributed by atoms with E-state index in [1.807, 2.05) is 26.2 Å². The molecule has 2 aromatic heterocycles. The van der Waals surface area contributed by atoms with Crippen molar-refractivity contribution in [3.63, 3.8) is 0 Å². The van der Waals surface area contributed by atoms with Gasteiger partial charge in [0.05, 0.1) is 16.3 Å². The molecular weight excluding hydrogens is 395 g/mol. The second-order valence-corrected chi connectivity index (χ2v) is 6.99. The number of benzene rings is 1. The van der Waals surface area contributed by atoms with Gasteiger partial charge in [-0.05, 0) is 36.1 Å². The summed E-state index contributed by atoms with van der Waals surface area (Å²) < 4.78 is 0.778. The molecule has 8 heteroatoms. The maximum Gasteiger partial charge on any atom is 0.353 e. The summed E-state index contributed by atoms with van der Waals surface area (Å²) in [4.78, 5) is 25.3. The number of carboxylic acids is 1. The zero-order valence-electron chi connectivity index (χ0n) is 14.4. The molecule has 0 spiro atoms. The van der Waals surface area contributed by atoms with E-state index >= 15 is 0 Å². The number of carboxylic acid groups (broad SMARTS) is 1. The number of rotatable bonds is 5. The lowest BCUT2D eigenvalue weighted by atomic mass is 10.1. The van der Waals surface area contributed by atoms with Crippen LogP contribution in [0.15, 0.2) is 23.6 Å². The molecule has 1 aromatic carbocycles. The predicted molar refractivity (Wildman–Crippen MR) is 108 cm³/mol. The number of H-pyrrole nitrogens is 1. The van der Waals surface area contributed by atoms with E-state index in [0.717, 1.165) is 10.3 Å². The predicted octanol–water partition coefficient (Wildman–Crippen LogP) is 5.73. The van der Waals surface area contributed by atoms with Gasteiger partial charge in [0, 0.05) is 21.2 Å². The van der Waals surface area contributed by atoms with Crippen LogP contribution in [0.25, 0.3) is 21.3 Å². The molecule has 3 rings (SSSR count). The van der Waals surface area contributed by atoms with Crippen LogP contribution in [0, 0.1) is 0 Å². The van der Waals surface area contributed by atoms with Gasteiger partial charge in [-0.2, -0.15) is 0 Å². The molecule has 1 unspecified atom stereocenters. The first-order chi connectivity index (χ1) is 12.4. The molecule has 2 heterocycles. The molecule has 138 valence electrons. The number of nitrogens with one attached hydrogen (secondary N) is 2. The Balaban J connectivity index is 0.00000117. The lowest BCUT2D eigenvalue weighted by Gasteiger charge is -2.07. The van der Waals surface area contributed by atoms with Crippen LogP contribution in [0.1, 0.15) is 42.9 Å². The van der Waals surface area contributed by atoms with E-state index in [-0.39, 0.29) is 11.7 Å². The number of carbonyl (C=O) groups excluding carboxylic acids is 1. The van der Waals surface area contributed by atoms with E-state index in [1.165, 1.54) is 11.3 Å². The highest BCUT2D eigenvalue weighted by Gasteiger charge is 2.23. The van der Waals surface area contributed by atoms with Gasteiger partial charge in [-0.15, -0.1) is 11.3 Å². The Morgan fingerprint density at radius 2 is 1.88 bits per heavy atom. The molecule has 0 aliphatic heterocycles. The number of fused-ring (bicyclic) bond motifs is 1. The van der Waals surface area contributed by atoms with Gasteiger partial charge in [0.25, 0.3) is 0 Å². The molecule has 5 nitrogen and oxygen atoms in total. The van der Waals surface area contributed by atoms with Gasteiger partial charge in [0.15, 0.2) is 0 Å². The molecule has 3 aromatic rings. The van der Waals surface area contributed by atoms with E-state index < -0.39 is 5.97 Å². The number of halogens is 2. The summed E-state index contributed by atoms with van der Waals surface area (Å²) in [5.41, 5.74) is 2.74. The zero-order chi connectivity index (χ0) is 19.4. The van der Waals surface area contributed by atoms with Gasteiger partial charge in [-0.3, -0.25) is 4.79 Å². The molecule has 0 aliphatic rings. The quantitative estimate of drug-likeness (QED) is 0.467. The Bertz CT molecular complexity index is 929. The molecule has 0 aliphatic carbocycles. The highest BCUT2D eigenvalue weighted by molar-refractivity contribution is 7.18. The summed E-state index contributed by atoms with van der Waals surface area (Å²) >= 11 is 13.5. The van der Waals surface area contributed by atoms with Crippen LogP contribution in [-0.2, 0) is 4.79 Å². The van der Waals surface area contributed by atoms with Crippen LogP contribution in [0.2, 0.25) is 10.0 Å². The molecule has 0 radical (unpaired) electrons. The maximum atomic E-state index is 11.7. The van der Waals surface area contributed by atoms with E-state index in [1.54, 1.807) is 18.2 Å². The van der Waals surface area contributed by atoms with Crippen LogP contribution >= 0.6 is 34.5 Å². The highest BCUT2D eigenvalue weighted by atomic mass is 35.5. The molecule has 1 atom stereocenters. The van der Waals surface area contributed by atoms with Crippen molar-refractivity contribution in [2.45, 2.75) is 26.8 Å². The lowest BCUT2D eigenvalue weighted by molar-refractivity contribution is -0.110. The Morgan fingerprint density at radius 3 is 2.42 bits per heavy atom. The first kappa shape index (κ1) is 20.3. The van der Waals surface area contributed by atoms with Crippen LogP contribution < -0.4 is 5.32 Å². The Hall–Kier alpha value is -2.02. The summed E-state index contributed by atoms with van der Waals surface area (Å²) in [5.74, 6) is -1.08. The first-order valence-corrected chi connectivity index (χ1v) is 9.58. The zero-order valence-corrected chi connectivity index (χ0v) is 16.7. The monoisotopic (exact) mass is 412 g/mol. The van der Waals surface area contributed by atoms with Gasteiger partial charge in [-0.25, -0.2) is 4.79 Å². The molecule has 0 saturated heterocycles. The third kappa shape index (κ3) is 3.87. The standard InChI is InChI=1S/C16H12Cl2N2O3S.C2H6/c1-7(19-6-21)11-5-24-15-12(14(16(22)23)20-13(11)15)8-2-9(17)4-10(18)3-8;1-2/h2-7,20H,1H3,(H,19,21)(H,22,23);1-2H3. The largest absolute Gasteiger partial charge is 0.477 e. The topological polar surface area (TPSA) is 82.2 Å². The Labute approximate surface area is 164 Å². The number of carbonyl (C=O) groups is 2. The summed E-state index contributed by atoms with van der Waals surface area (Å²) in [6, 6.07) is 4.70. The SMILES string of the molecule is CC.CC(NC=O)c1csc2c(-c3cc(Cl)cc(Cl)c3)c(C(=O)O)[nH]c12. The van der Waals surface area contributed by atoms with Crippen molar-refractivity contribution in [2.24, 2.45) is 0 Å². The second-order valence-electron chi connectivity index (χ2n) is 5.24. The van der Waals surface area contributed by atoms with Crippen molar-refractivity contribution in [2.75, 3.05) is 0 Å². The minimum absolute atomic E-state index is 0.0646. The third-order valence-electron chi connectivity index (χ3n) is 3.70. The van der Waals surface area contributed by atoms with Crippen molar-refractivity contribution in [1.29, 1.82) is 0 Å². The number of amides is 1. The first-order valence-electron chi connectivity index (χ1n) is 7.95. The van der Waals surface area contributed by atoms with Crippen LogP contribution in [0.5, 0.6) is 0 Å². The van der Waals surface area contributed by atoms with Crippen LogP contribution in [0.4, 0.5) is 0 Å². The molecule has 26 heavy (non-hydrogen) atoms. The molecule has 1 amide bonds. The summed E-state index contributed by atoms with van der Waals surface area (Å²) in [5, 5.41) is 15.0. The average molecular weight is 413 g/mol. The van der Waals surface area contributed by atoms with Gasteiger partial charge in [0.1, 0.15) is 5.69 Å². The average Bonchev–Trinajstić information content (AvgIpc) is 3.14. The molecule has 0 saturated carbocycles. The van der Waals surface area contributed by atoms with E-state index in [4.69, 9.17) is 23.2 Å². The number of hydrogen-bond acceptors (Lipinski definition) is 3. The Morgan fingerprint density at radius 1 is 1.27 bits per heavy atom. The molecular formula is C18H18Cl2N2O3S. The smallest absolute Gasteiger partial charge is 0.353 e. The van der Waals surface area contributed by atoms with Crippen molar-refractivity contribution in [1.82, 2.24) is 10.3 Å². The van der Waals surface area contributed by atoms with Crippen LogP contribution in [0.3, 0.4) is 0 Å². The minimum atomic E-state index is -1.08. The lowest BCUT2D eigenvalue weighted by Crippen LogP contribution is -2.15. The number of aromatic amines is 1. The van der Waals surface area contributed by atoms with Crippen molar-refractivity contribution >= 4 is 57.1 Å². The fourth-order valence-electron chi connectivity index (χ4n) is 2.63. The number of thiophene rings is 1. The van der Waals surface area contributed by atoms with Crippen molar-refractivity contribution < 1.29 is 14.7 Å². The van der Waals surface area contributed by atoms with E-state index in [2.05, 4.69) is 10.3 Å². The van der Waals surface area contributed by atoms with Gasteiger partial charge >= 0.3 is 5.97 Å². The summed E-state index contributed by atoms with van der Waals surface area (Å²) in [6.07, 6.45) is 0.618. The van der Waals surface area contributed by atoms with Crippen LogP contribution in [-0.4, -0.2) is 22.5 Å². The molecule has 0 bridgehead atoms. The normalized spacial score (nSPS) is 11.6. The van der Waals surface area contributed by atoms with Gasteiger partial charge < -0.3 is 15.4 Å². The fourth-order valence-corrected chi connectivity index (χ4v) is 4.35. The minimum Gasteiger partial charge on any atom is -0.477 e. The summed E-state index contributed by atoms with van der Waals surface area (Å²) in [6.45, 7) is 5.83. The highest BCUT2D eigenvalue weighted by Crippen LogP contribution is 2.41. The van der Waals surface area contributed by atoms with Crippen molar-refractivity contribution in [3.8, 4) is 11.1 Å². The number of aromatic carboxylic acids is 1. The number of aromatic nitrogens is 1. The van der Waals surface area contributed by atoms with Gasteiger partial charge in [-0.1, -0.05) is 37.0 Å².